The fourth-order valence-electron chi connectivity index (χ4n) is 2.80. The highest BCUT2D eigenvalue weighted by Gasteiger charge is 2.58. The molecule has 0 aromatic heterocycles. The van der Waals surface area contributed by atoms with Crippen LogP contribution in [0.25, 0.3) is 0 Å². The van der Waals surface area contributed by atoms with E-state index in [1.807, 2.05) is 13.0 Å². The van der Waals surface area contributed by atoms with E-state index in [1.54, 1.807) is 32.9 Å². The zero-order valence-electron chi connectivity index (χ0n) is 15.8. The molecule has 0 fully saturated rings. The monoisotopic (exact) mass is 361 g/mol. The summed E-state index contributed by atoms with van der Waals surface area (Å²) < 4.78 is 15.4. The van der Waals surface area contributed by atoms with Gasteiger partial charge in [-0.1, -0.05) is 18.2 Å². The molecule has 0 spiro atoms. The Balaban J connectivity index is 2.65. The van der Waals surface area contributed by atoms with Gasteiger partial charge in [0.25, 0.3) is 11.5 Å². The Labute approximate surface area is 152 Å². The van der Waals surface area contributed by atoms with Crippen LogP contribution in [0.1, 0.15) is 31.9 Å². The van der Waals surface area contributed by atoms with Gasteiger partial charge in [0.1, 0.15) is 5.60 Å². The van der Waals surface area contributed by atoms with Crippen molar-refractivity contribution in [3.8, 4) is 0 Å². The highest BCUT2D eigenvalue weighted by atomic mass is 16.7. The van der Waals surface area contributed by atoms with Gasteiger partial charge >= 0.3 is 12.1 Å². The number of amides is 1. The molecule has 26 heavy (non-hydrogen) atoms. The zero-order chi connectivity index (χ0) is 19.9. The summed E-state index contributed by atoms with van der Waals surface area (Å²) >= 11 is 0. The van der Waals surface area contributed by atoms with Crippen LogP contribution in [0.3, 0.4) is 0 Å². The summed E-state index contributed by atoms with van der Waals surface area (Å²) in [4.78, 5) is 39.0. The summed E-state index contributed by atoms with van der Waals surface area (Å²) in [6.07, 6.45) is -1.08. The lowest BCUT2D eigenvalue weighted by Gasteiger charge is -2.30. The normalized spacial score (nSPS) is 19.0. The number of rotatable bonds is 3. The van der Waals surface area contributed by atoms with Gasteiger partial charge in [-0.25, -0.2) is 9.59 Å². The van der Waals surface area contributed by atoms with Crippen LogP contribution in [0, 0.1) is 6.92 Å². The Kier molecular flexibility index (Phi) is 4.86. The first-order chi connectivity index (χ1) is 11.9. The molecule has 1 heterocycles. The van der Waals surface area contributed by atoms with E-state index in [9.17, 15) is 14.4 Å². The fourth-order valence-corrected chi connectivity index (χ4v) is 2.80. The minimum Gasteiger partial charge on any atom is -0.466 e. The van der Waals surface area contributed by atoms with Crippen LogP contribution in [-0.4, -0.2) is 37.8 Å². The van der Waals surface area contributed by atoms with Crippen LogP contribution in [0.5, 0.6) is 0 Å². The molecule has 0 saturated carbocycles. The summed E-state index contributed by atoms with van der Waals surface area (Å²) in [5.41, 5.74) is -1.51. The number of hydrogen-bond donors (Lipinski definition) is 0. The number of anilines is 1. The molecule has 0 radical (unpaired) electrons. The van der Waals surface area contributed by atoms with E-state index < -0.39 is 29.2 Å². The maximum Gasteiger partial charge on any atom is 0.510 e. The van der Waals surface area contributed by atoms with Gasteiger partial charge in [0, 0.05) is 12.6 Å². The van der Waals surface area contributed by atoms with E-state index in [0.717, 1.165) is 12.7 Å². The zero-order valence-corrected chi connectivity index (χ0v) is 15.8. The summed E-state index contributed by atoms with van der Waals surface area (Å²) in [5, 5.41) is 0. The second-order valence-electron chi connectivity index (χ2n) is 7.10. The number of esters is 1. The van der Waals surface area contributed by atoms with Crippen molar-refractivity contribution in [1.82, 2.24) is 0 Å². The lowest BCUT2D eigenvalue weighted by molar-refractivity contribution is -0.146. The number of aryl methyl sites for hydroxylation is 1. The number of benzene rings is 1. The Morgan fingerprint density at radius 2 is 1.85 bits per heavy atom. The van der Waals surface area contributed by atoms with Crippen LogP contribution in [0.15, 0.2) is 30.4 Å². The van der Waals surface area contributed by atoms with E-state index in [2.05, 4.69) is 6.58 Å². The predicted octanol–water partition coefficient (Wildman–Crippen LogP) is 2.85. The third-order valence-electron chi connectivity index (χ3n) is 3.98. The first-order valence-electron chi connectivity index (χ1n) is 8.03. The number of hydrogen-bond acceptors (Lipinski definition) is 6. The number of ether oxygens (including phenoxy) is 3. The average Bonchev–Trinajstić information content (AvgIpc) is 2.74. The fraction of sp³-hybridized carbons (Fsp3) is 0.421. The van der Waals surface area contributed by atoms with E-state index >= 15 is 0 Å². The van der Waals surface area contributed by atoms with Crippen LogP contribution in [-0.2, 0) is 29.4 Å². The van der Waals surface area contributed by atoms with Gasteiger partial charge in [-0.3, -0.25) is 4.79 Å². The highest BCUT2D eigenvalue weighted by Crippen LogP contribution is 2.47. The second kappa shape index (κ2) is 6.48. The lowest BCUT2D eigenvalue weighted by atomic mass is 9.87. The van der Waals surface area contributed by atoms with Gasteiger partial charge in [-0.15, -0.1) is 0 Å². The summed E-state index contributed by atoms with van der Waals surface area (Å²) in [6.45, 7) is 10.5. The highest BCUT2D eigenvalue weighted by molar-refractivity contribution is 6.14. The molecule has 7 heteroatoms. The van der Waals surface area contributed by atoms with Gasteiger partial charge in [-0.2, -0.15) is 0 Å². The smallest absolute Gasteiger partial charge is 0.466 e. The van der Waals surface area contributed by atoms with Crippen molar-refractivity contribution in [2.75, 3.05) is 19.1 Å². The van der Waals surface area contributed by atoms with Gasteiger partial charge < -0.3 is 19.1 Å². The minimum absolute atomic E-state index is 0.299. The first-order valence-corrected chi connectivity index (χ1v) is 8.03. The molecule has 0 bridgehead atoms. The Bertz CT molecular complexity index is 792. The SMILES string of the molecule is C=C(C(=O)OC)C1(OC(=O)OC(C)(C)C)C(=O)N(C)c2ccc(C)cc21. The molecular formula is C19H23NO6. The molecule has 2 rings (SSSR count). The van der Waals surface area contributed by atoms with E-state index in [1.165, 1.54) is 11.9 Å². The van der Waals surface area contributed by atoms with Crippen molar-refractivity contribution >= 4 is 23.7 Å². The van der Waals surface area contributed by atoms with Gasteiger partial charge in [0.2, 0.25) is 0 Å². The van der Waals surface area contributed by atoms with Gasteiger partial charge in [-0.05, 0) is 39.8 Å². The van der Waals surface area contributed by atoms with E-state index in [0.29, 0.717) is 11.3 Å². The molecular weight excluding hydrogens is 338 g/mol. The number of carbonyl (C=O) groups is 3. The summed E-state index contributed by atoms with van der Waals surface area (Å²) in [7, 11) is 2.69. The van der Waals surface area contributed by atoms with Gasteiger partial charge in [0.05, 0.1) is 18.4 Å². The number of carbonyl (C=O) groups excluding carboxylic acids is 3. The average molecular weight is 361 g/mol. The van der Waals surface area contributed by atoms with Crippen molar-refractivity contribution < 1.29 is 28.6 Å². The van der Waals surface area contributed by atoms with Crippen molar-refractivity contribution in [3.05, 3.63) is 41.5 Å². The molecule has 7 nitrogen and oxygen atoms in total. The third-order valence-corrected chi connectivity index (χ3v) is 3.98. The van der Waals surface area contributed by atoms with Crippen LogP contribution in [0.2, 0.25) is 0 Å². The Morgan fingerprint density at radius 3 is 2.38 bits per heavy atom. The molecule has 1 unspecified atom stereocenters. The lowest BCUT2D eigenvalue weighted by Crippen LogP contribution is -2.46. The van der Waals surface area contributed by atoms with Crippen molar-refractivity contribution in [1.29, 1.82) is 0 Å². The standard InChI is InChI=1S/C19H23NO6/c1-11-8-9-14-13(10-11)19(16(22)20(14)6,12(2)15(21)24-7)26-17(23)25-18(3,4)5/h8-10H,2H2,1,3-7H3. The molecule has 1 aliphatic rings. The number of nitrogens with zero attached hydrogens (tertiary/aromatic N) is 1. The minimum atomic E-state index is -2.04. The maximum atomic E-state index is 13.1. The molecule has 0 aliphatic carbocycles. The third kappa shape index (κ3) is 3.16. The topological polar surface area (TPSA) is 82.1 Å². The molecule has 0 saturated heterocycles. The molecule has 1 atom stereocenters. The molecule has 140 valence electrons. The number of methoxy groups -OCH3 is 1. The summed E-state index contributed by atoms with van der Waals surface area (Å²) in [5.74, 6) is -1.48. The van der Waals surface area contributed by atoms with Crippen molar-refractivity contribution in [3.63, 3.8) is 0 Å². The first kappa shape index (κ1) is 19.5. The van der Waals surface area contributed by atoms with E-state index in [-0.39, 0.29) is 5.57 Å². The molecule has 1 amide bonds. The molecule has 0 N–H and O–H groups in total. The van der Waals surface area contributed by atoms with Crippen LogP contribution >= 0.6 is 0 Å². The van der Waals surface area contributed by atoms with Crippen LogP contribution in [0.4, 0.5) is 10.5 Å². The molecule has 1 aromatic rings. The molecule has 1 aliphatic heterocycles. The van der Waals surface area contributed by atoms with Crippen LogP contribution < -0.4 is 4.90 Å². The Morgan fingerprint density at radius 1 is 1.23 bits per heavy atom. The van der Waals surface area contributed by atoms with Crippen molar-refractivity contribution in [2.45, 2.75) is 38.9 Å². The van der Waals surface area contributed by atoms with Gasteiger partial charge in [0.15, 0.2) is 0 Å². The maximum absolute atomic E-state index is 13.1. The quantitative estimate of drug-likeness (QED) is 0.608. The summed E-state index contributed by atoms with van der Waals surface area (Å²) in [6, 6.07) is 5.20. The van der Waals surface area contributed by atoms with Crippen molar-refractivity contribution in [2.24, 2.45) is 0 Å². The largest absolute Gasteiger partial charge is 0.510 e. The van der Waals surface area contributed by atoms with E-state index in [4.69, 9.17) is 14.2 Å². The second-order valence-corrected chi connectivity index (χ2v) is 7.10. The predicted molar refractivity (Wildman–Crippen MR) is 94.7 cm³/mol. The number of fused-ring (bicyclic) bond motifs is 1. The molecule has 1 aromatic carbocycles. The number of likely N-dealkylation sites (N-methyl/N-ethyl adjacent to an activating group) is 1. The Hall–Kier alpha value is -2.83.